The summed E-state index contributed by atoms with van der Waals surface area (Å²) in [6.07, 6.45) is 0. The van der Waals surface area contributed by atoms with Crippen LogP contribution in [0.2, 0.25) is 0 Å². The minimum Gasteiger partial charge on any atom is -0.744 e. The van der Waals surface area contributed by atoms with Crippen LogP contribution in [0.15, 0.2) is 0 Å². The molecule has 0 aliphatic carbocycles. The van der Waals surface area contributed by atoms with E-state index in [1.165, 1.54) is 0 Å². The summed E-state index contributed by atoms with van der Waals surface area (Å²) in [4.78, 5) is 8.48. The van der Waals surface area contributed by atoms with Crippen LogP contribution in [0.1, 0.15) is 0 Å². The normalized spacial score (nSPS) is 3.57. The molecular formula is H4NaO5P. The largest absolute Gasteiger partial charge is 1.00 e. The average Bonchev–Trinajstić information content (AvgIpc) is 0.811. The Balaban J connectivity index is -0.0000000150. The summed E-state index contributed by atoms with van der Waals surface area (Å²) in [6, 6.07) is 0. The summed E-state index contributed by atoms with van der Waals surface area (Å²) >= 11 is 0. The molecule has 0 bridgehead atoms. The van der Waals surface area contributed by atoms with Crippen LogP contribution in [0.25, 0.3) is 0 Å². The maximum atomic E-state index is 8.48. The molecule has 0 saturated carbocycles. The van der Waals surface area contributed by atoms with E-state index < -0.39 is 7.91 Å². The zero-order chi connectivity index (χ0) is 3.58. The van der Waals surface area contributed by atoms with Crippen molar-refractivity contribution >= 4 is 7.91 Å². The third kappa shape index (κ3) is 255. The summed E-state index contributed by atoms with van der Waals surface area (Å²) in [6.45, 7) is 0. The average molecular weight is 138 g/mol. The summed E-state index contributed by atoms with van der Waals surface area (Å²) in [5.74, 6) is 0. The summed E-state index contributed by atoms with van der Waals surface area (Å²) in [7, 11) is -3.37. The molecule has 5 nitrogen and oxygen atoms in total. The first-order valence-corrected chi connectivity index (χ1v) is 1.64. The number of hydrogen-bond acceptors (Lipinski definition) is 3. The van der Waals surface area contributed by atoms with Crippen LogP contribution in [0.4, 0.5) is 0 Å². The van der Waals surface area contributed by atoms with Gasteiger partial charge in [-0.3, -0.25) is 9.13 Å². The summed E-state index contributed by atoms with van der Waals surface area (Å²) < 4.78 is 17.0. The van der Waals surface area contributed by atoms with Crippen LogP contribution in [0, 0.1) is 0 Å². The molecule has 4 N–H and O–H groups in total. The van der Waals surface area contributed by atoms with Crippen molar-refractivity contribution in [1.82, 2.24) is 0 Å². The monoisotopic (exact) mass is 138 g/mol. The van der Waals surface area contributed by atoms with Crippen molar-refractivity contribution in [3.8, 4) is 0 Å². The number of rotatable bonds is 0. The van der Waals surface area contributed by atoms with Crippen LogP contribution < -0.4 is 34.5 Å². The van der Waals surface area contributed by atoms with E-state index >= 15 is 0 Å². The minimum atomic E-state index is -3.37. The van der Waals surface area contributed by atoms with E-state index in [1.807, 2.05) is 0 Å². The van der Waals surface area contributed by atoms with Gasteiger partial charge in [0.2, 0.25) is 7.91 Å². The molecule has 7 heteroatoms. The van der Waals surface area contributed by atoms with E-state index in [-0.39, 0.29) is 40.5 Å². The van der Waals surface area contributed by atoms with Crippen LogP contribution in [0.3, 0.4) is 0 Å². The molecule has 0 fully saturated rings. The molecule has 0 heterocycles. The fraction of sp³-hybridized carbons (Fsp3) is 0. The van der Waals surface area contributed by atoms with Crippen molar-refractivity contribution in [2.75, 3.05) is 0 Å². The molecule has 0 aromatic heterocycles. The Morgan fingerprint density at radius 1 is 1.14 bits per heavy atom. The van der Waals surface area contributed by atoms with Crippen LogP contribution in [-0.4, -0.2) is 11.0 Å². The molecule has 0 atom stereocenters. The molecule has 7 heavy (non-hydrogen) atoms. The maximum Gasteiger partial charge on any atom is 1.00 e. The van der Waals surface area contributed by atoms with Crippen molar-refractivity contribution in [3.05, 3.63) is 0 Å². The zero-order valence-electron chi connectivity index (χ0n) is 3.67. The molecule has 0 amide bonds. The summed E-state index contributed by atoms with van der Waals surface area (Å²) in [5.41, 5.74) is 0. The third-order valence-corrected chi connectivity index (χ3v) is 0. The van der Waals surface area contributed by atoms with Crippen LogP contribution >= 0.6 is 7.91 Å². The van der Waals surface area contributed by atoms with Gasteiger partial charge in [0.25, 0.3) is 0 Å². The Morgan fingerprint density at radius 3 is 1.14 bits per heavy atom. The molecule has 40 valence electrons. The first kappa shape index (κ1) is 25.0. The van der Waals surface area contributed by atoms with Gasteiger partial charge in [-0.25, -0.2) is 0 Å². The van der Waals surface area contributed by atoms with Crippen molar-refractivity contribution in [2.24, 2.45) is 0 Å². The molecule has 0 unspecified atom stereocenters. The van der Waals surface area contributed by atoms with Gasteiger partial charge in [0.15, 0.2) is 0 Å². The molecule has 0 aromatic rings. The molecule has 0 saturated heterocycles. The van der Waals surface area contributed by atoms with Gasteiger partial charge >= 0.3 is 29.6 Å². The van der Waals surface area contributed by atoms with E-state index in [2.05, 4.69) is 0 Å². The second-order valence-electron chi connectivity index (χ2n) is 0.224. The second-order valence-corrected chi connectivity index (χ2v) is 0.671. The molecule has 0 spiro atoms. The van der Waals surface area contributed by atoms with E-state index in [0.29, 0.717) is 0 Å². The predicted octanol–water partition coefficient (Wildman–Crippen LogP) is -5.21. The molecule has 0 radical (unpaired) electrons. The van der Waals surface area contributed by atoms with Gasteiger partial charge in [0, 0.05) is 0 Å². The Hall–Kier alpha value is 0.780. The van der Waals surface area contributed by atoms with Crippen LogP contribution in [0.5, 0.6) is 0 Å². The Kier molecular flexibility index (Phi) is 56.7. The molecule has 0 rings (SSSR count). The minimum absolute atomic E-state index is 0. The van der Waals surface area contributed by atoms with E-state index in [4.69, 9.17) is 14.0 Å². The van der Waals surface area contributed by atoms with Crippen molar-refractivity contribution in [3.63, 3.8) is 0 Å². The van der Waals surface area contributed by atoms with Gasteiger partial charge < -0.3 is 15.8 Å². The topological polar surface area (TPSA) is 120 Å². The van der Waals surface area contributed by atoms with E-state index in [9.17, 15) is 0 Å². The maximum absolute atomic E-state index is 8.48. The molecule has 0 aromatic carbocycles. The first-order chi connectivity index (χ1) is 1.73. The SMILES string of the molecule is O.O.O=P(=O)[O-].[Na+]. The van der Waals surface area contributed by atoms with Crippen LogP contribution in [-0.2, 0) is 9.13 Å². The zero-order valence-corrected chi connectivity index (χ0v) is 6.57. The van der Waals surface area contributed by atoms with Gasteiger partial charge in [0.05, 0.1) is 0 Å². The van der Waals surface area contributed by atoms with Gasteiger partial charge in [-0.15, -0.1) is 0 Å². The van der Waals surface area contributed by atoms with Crippen molar-refractivity contribution in [1.29, 1.82) is 0 Å². The molecular weight excluding hydrogens is 134 g/mol. The third-order valence-electron chi connectivity index (χ3n) is 0. The van der Waals surface area contributed by atoms with Crippen molar-refractivity contribution < 1.29 is 54.5 Å². The van der Waals surface area contributed by atoms with Gasteiger partial charge in [-0.1, -0.05) is 0 Å². The fourth-order valence-corrected chi connectivity index (χ4v) is 0. The molecule has 0 aliphatic heterocycles. The smallest absolute Gasteiger partial charge is 0.744 e. The second kappa shape index (κ2) is 15.9. The predicted molar refractivity (Wildman–Crippen MR) is 15.5 cm³/mol. The fourth-order valence-electron chi connectivity index (χ4n) is 0. The van der Waals surface area contributed by atoms with Gasteiger partial charge in [-0.05, 0) is 0 Å². The first-order valence-electron chi connectivity index (χ1n) is 0.548. The Morgan fingerprint density at radius 2 is 1.14 bits per heavy atom. The van der Waals surface area contributed by atoms with E-state index in [0.717, 1.165) is 0 Å². The summed E-state index contributed by atoms with van der Waals surface area (Å²) in [5, 5.41) is 0. The standard InChI is InChI=1S/Na.HO3P.2H2O/c;1-4(2)3;;/h;(H,1,2,3);2*1H2/q+1;;;/p-1. The quantitative estimate of drug-likeness (QED) is 0.245. The van der Waals surface area contributed by atoms with Gasteiger partial charge in [-0.2, -0.15) is 0 Å². The van der Waals surface area contributed by atoms with E-state index in [1.54, 1.807) is 0 Å². The Bertz CT molecular complexity index is 56.5. The number of hydrogen-bond donors (Lipinski definition) is 0. The van der Waals surface area contributed by atoms with Crippen molar-refractivity contribution in [2.45, 2.75) is 0 Å². The Labute approximate surface area is 62.5 Å². The molecule has 0 aliphatic rings. The van der Waals surface area contributed by atoms with Gasteiger partial charge in [0.1, 0.15) is 0 Å².